The van der Waals surface area contributed by atoms with Crippen LogP contribution in [0.2, 0.25) is 5.02 Å². The lowest BCUT2D eigenvalue weighted by molar-refractivity contribution is -0.157. The first-order valence-corrected chi connectivity index (χ1v) is 10.8. The van der Waals surface area contributed by atoms with Gasteiger partial charge in [-0.3, -0.25) is 19.8 Å². The molecule has 33 heavy (non-hydrogen) atoms. The van der Waals surface area contributed by atoms with Crippen LogP contribution in [0.5, 0.6) is 5.75 Å². The first-order valence-electron chi connectivity index (χ1n) is 10.4. The fourth-order valence-corrected chi connectivity index (χ4v) is 4.13. The molecule has 2 amide bonds. The minimum absolute atomic E-state index is 0.0433. The fourth-order valence-electron chi connectivity index (χ4n) is 4.01. The molecule has 1 atom stereocenters. The number of halogens is 1. The Morgan fingerprint density at radius 1 is 1.18 bits per heavy atom. The van der Waals surface area contributed by atoms with E-state index in [0.29, 0.717) is 28.3 Å². The van der Waals surface area contributed by atoms with E-state index in [2.05, 4.69) is 5.32 Å². The maximum Gasteiger partial charge on any atom is 0.312 e. The Hall–Kier alpha value is -3.59. The van der Waals surface area contributed by atoms with Crippen molar-refractivity contribution in [3.63, 3.8) is 0 Å². The number of carboxylic acid groups (broad SMARTS) is 1. The number of rotatable bonds is 10. The zero-order valence-corrected chi connectivity index (χ0v) is 18.6. The number of nitrogens with two attached hydrogens (primary N) is 1. The van der Waals surface area contributed by atoms with Crippen LogP contribution in [0.15, 0.2) is 48.5 Å². The first kappa shape index (κ1) is 24.1. The second kappa shape index (κ2) is 10.4. The zero-order chi connectivity index (χ0) is 24.0. The molecule has 5 N–H and O–H groups in total. The Morgan fingerprint density at radius 2 is 1.85 bits per heavy atom. The van der Waals surface area contributed by atoms with Gasteiger partial charge in [-0.25, -0.2) is 0 Å². The number of hydrogen-bond donors (Lipinski definition) is 4. The molecule has 0 aromatic heterocycles. The molecule has 0 spiro atoms. The van der Waals surface area contributed by atoms with Crippen molar-refractivity contribution in [2.24, 2.45) is 5.73 Å². The van der Waals surface area contributed by atoms with Gasteiger partial charge in [0.1, 0.15) is 11.6 Å². The van der Waals surface area contributed by atoms with Crippen LogP contribution in [0.3, 0.4) is 0 Å². The van der Waals surface area contributed by atoms with E-state index in [9.17, 15) is 19.5 Å². The van der Waals surface area contributed by atoms with Gasteiger partial charge >= 0.3 is 17.8 Å². The van der Waals surface area contributed by atoms with Crippen LogP contribution in [-0.2, 0) is 19.9 Å². The minimum atomic E-state index is -1.24. The lowest BCUT2D eigenvalue weighted by Crippen LogP contribution is -2.60. The van der Waals surface area contributed by atoms with Gasteiger partial charge in [0.25, 0.3) is 0 Å². The third kappa shape index (κ3) is 5.61. The van der Waals surface area contributed by atoms with Crippen molar-refractivity contribution in [2.45, 2.75) is 24.8 Å². The normalized spacial score (nSPS) is 15.5. The van der Waals surface area contributed by atoms with E-state index in [0.717, 1.165) is 0 Å². The molecule has 0 bridgehead atoms. The molecule has 0 saturated carbocycles. The number of nitrogens with one attached hydrogen (secondary N) is 2. The van der Waals surface area contributed by atoms with Crippen LogP contribution in [0.1, 0.15) is 30.4 Å². The van der Waals surface area contributed by atoms with E-state index >= 15 is 0 Å². The molecule has 0 aliphatic carbocycles. The molecule has 3 rings (SSSR count). The molecule has 1 aliphatic rings. The molecule has 2 aromatic rings. The number of amidine groups is 1. The molecule has 1 heterocycles. The summed E-state index contributed by atoms with van der Waals surface area (Å²) in [6.07, 6.45) is 0.294. The van der Waals surface area contributed by atoms with E-state index in [-0.39, 0.29) is 38.4 Å². The van der Waals surface area contributed by atoms with Gasteiger partial charge in [-0.15, -0.1) is 0 Å². The summed E-state index contributed by atoms with van der Waals surface area (Å²) in [6.45, 7) is 0.676. The largest absolute Gasteiger partial charge is 0.494 e. The summed E-state index contributed by atoms with van der Waals surface area (Å²) in [5.74, 6) is -2.09. The van der Waals surface area contributed by atoms with E-state index in [1.165, 1.54) is 4.90 Å². The molecule has 10 heteroatoms. The number of carbonyl (C=O) groups excluding carboxylic acids is 2. The maximum absolute atomic E-state index is 12.8. The summed E-state index contributed by atoms with van der Waals surface area (Å²) < 4.78 is 5.77. The highest BCUT2D eigenvalue weighted by Gasteiger charge is 2.45. The lowest BCUT2D eigenvalue weighted by Gasteiger charge is -2.45. The van der Waals surface area contributed by atoms with E-state index in [1.807, 2.05) is 0 Å². The summed E-state index contributed by atoms with van der Waals surface area (Å²) in [5.41, 5.74) is 5.37. The minimum Gasteiger partial charge on any atom is -0.494 e. The number of aliphatic carboxylic acids is 1. The van der Waals surface area contributed by atoms with Crippen molar-refractivity contribution >= 4 is 35.2 Å². The SMILES string of the molecule is N=C(N)c1ccc(OCCCC(CC(=O)O)(c2ccc(Cl)cc2)N2CCNC(=O)C2=O)cc1. The Kier molecular flexibility index (Phi) is 7.55. The highest BCUT2D eigenvalue weighted by molar-refractivity contribution is 6.35. The van der Waals surface area contributed by atoms with Crippen molar-refractivity contribution in [3.05, 3.63) is 64.7 Å². The van der Waals surface area contributed by atoms with Crippen molar-refractivity contribution in [3.8, 4) is 5.75 Å². The molecule has 1 aliphatic heterocycles. The lowest BCUT2D eigenvalue weighted by atomic mass is 9.80. The summed E-state index contributed by atoms with van der Waals surface area (Å²) in [7, 11) is 0. The predicted octanol–water partition coefficient (Wildman–Crippen LogP) is 2.11. The van der Waals surface area contributed by atoms with Crippen molar-refractivity contribution in [2.75, 3.05) is 19.7 Å². The first-order chi connectivity index (χ1) is 15.7. The van der Waals surface area contributed by atoms with E-state index in [4.69, 9.17) is 27.5 Å². The average Bonchev–Trinajstić information content (AvgIpc) is 2.78. The summed E-state index contributed by atoms with van der Waals surface area (Å²) in [6, 6.07) is 13.4. The van der Waals surface area contributed by atoms with Gasteiger partial charge in [-0.05, 0) is 54.8 Å². The van der Waals surface area contributed by atoms with Crippen LogP contribution in [0.25, 0.3) is 0 Å². The van der Waals surface area contributed by atoms with Crippen molar-refractivity contribution < 1.29 is 24.2 Å². The second-order valence-corrected chi connectivity index (χ2v) is 8.15. The van der Waals surface area contributed by atoms with Crippen LogP contribution in [0, 0.1) is 5.41 Å². The fraction of sp³-hybridized carbons (Fsp3) is 0.304. The summed E-state index contributed by atoms with van der Waals surface area (Å²) in [4.78, 5) is 38.1. The Labute approximate surface area is 196 Å². The summed E-state index contributed by atoms with van der Waals surface area (Å²) in [5, 5.41) is 20.1. The van der Waals surface area contributed by atoms with Crippen LogP contribution >= 0.6 is 11.6 Å². The number of carboxylic acids is 1. The molecule has 1 saturated heterocycles. The van der Waals surface area contributed by atoms with Gasteiger partial charge < -0.3 is 25.8 Å². The quantitative estimate of drug-likeness (QED) is 0.180. The Balaban J connectivity index is 1.84. The molecule has 1 unspecified atom stereocenters. The number of nitrogen functional groups attached to an aromatic ring is 1. The number of ether oxygens (including phenoxy) is 1. The Morgan fingerprint density at radius 3 is 2.45 bits per heavy atom. The number of benzene rings is 2. The molecule has 0 radical (unpaired) electrons. The van der Waals surface area contributed by atoms with Crippen LogP contribution < -0.4 is 15.8 Å². The monoisotopic (exact) mass is 472 g/mol. The zero-order valence-electron chi connectivity index (χ0n) is 17.8. The van der Waals surface area contributed by atoms with Gasteiger partial charge in [0.05, 0.1) is 18.6 Å². The van der Waals surface area contributed by atoms with Crippen LogP contribution in [0.4, 0.5) is 0 Å². The number of amides is 2. The van der Waals surface area contributed by atoms with Crippen molar-refractivity contribution in [1.82, 2.24) is 10.2 Å². The molecule has 174 valence electrons. The molecule has 1 fully saturated rings. The van der Waals surface area contributed by atoms with Gasteiger partial charge in [0.2, 0.25) is 0 Å². The van der Waals surface area contributed by atoms with Gasteiger partial charge in [0.15, 0.2) is 0 Å². The number of hydrogen-bond acceptors (Lipinski definition) is 5. The smallest absolute Gasteiger partial charge is 0.312 e. The number of piperazine rings is 1. The highest BCUT2D eigenvalue weighted by Crippen LogP contribution is 2.38. The molecular weight excluding hydrogens is 448 g/mol. The Bertz CT molecular complexity index is 1040. The molecular formula is C23H25ClN4O5. The topological polar surface area (TPSA) is 146 Å². The molecule has 2 aromatic carbocycles. The van der Waals surface area contributed by atoms with Crippen molar-refractivity contribution in [1.29, 1.82) is 5.41 Å². The predicted molar refractivity (Wildman–Crippen MR) is 122 cm³/mol. The van der Waals surface area contributed by atoms with Gasteiger partial charge in [-0.1, -0.05) is 23.7 Å². The number of nitrogens with zero attached hydrogens (tertiary/aromatic N) is 1. The van der Waals surface area contributed by atoms with E-state index in [1.54, 1.807) is 48.5 Å². The second-order valence-electron chi connectivity index (χ2n) is 7.71. The summed E-state index contributed by atoms with van der Waals surface area (Å²) >= 11 is 6.03. The third-order valence-electron chi connectivity index (χ3n) is 5.57. The average molecular weight is 473 g/mol. The highest BCUT2D eigenvalue weighted by atomic mass is 35.5. The third-order valence-corrected chi connectivity index (χ3v) is 5.82. The van der Waals surface area contributed by atoms with Crippen LogP contribution in [-0.4, -0.2) is 53.3 Å². The van der Waals surface area contributed by atoms with Gasteiger partial charge in [0, 0.05) is 23.7 Å². The number of carbonyl (C=O) groups is 3. The van der Waals surface area contributed by atoms with E-state index < -0.39 is 23.3 Å². The molecule has 9 nitrogen and oxygen atoms in total. The maximum atomic E-state index is 12.8. The van der Waals surface area contributed by atoms with Gasteiger partial charge in [-0.2, -0.15) is 0 Å². The standard InChI is InChI=1S/C23H25ClN4O5/c24-17-6-4-16(5-7-17)23(14-19(29)30,28-12-11-27-21(31)22(28)32)10-1-13-33-18-8-2-15(3-9-18)20(25)26/h2-9H,1,10-14H2,(H3,25,26)(H,27,31)(H,29,30).